The molecular weight excluding hydrogens is 339 g/mol. The van der Waals surface area contributed by atoms with Gasteiger partial charge in [-0.3, -0.25) is 0 Å². The lowest BCUT2D eigenvalue weighted by molar-refractivity contribution is 0.402. The summed E-state index contributed by atoms with van der Waals surface area (Å²) in [5, 5.41) is 0. The smallest absolute Gasteiger partial charge is 0.0953 e. The van der Waals surface area contributed by atoms with Crippen LogP contribution >= 0.6 is 55.1 Å². The van der Waals surface area contributed by atoms with E-state index in [1.165, 1.54) is 25.7 Å². The van der Waals surface area contributed by atoms with Crippen LogP contribution in [0.4, 0.5) is 0 Å². The van der Waals surface area contributed by atoms with E-state index in [2.05, 4.69) is 31.9 Å². The lowest BCUT2D eigenvalue weighted by Gasteiger charge is -2.14. The Morgan fingerprint density at radius 3 is 1.77 bits per heavy atom. The van der Waals surface area contributed by atoms with Gasteiger partial charge in [0.1, 0.15) is 0 Å². The van der Waals surface area contributed by atoms with E-state index in [4.69, 9.17) is 23.2 Å². The number of hydrogen-bond acceptors (Lipinski definition) is 0. The molecule has 0 aromatic carbocycles. The molecule has 2 aliphatic rings. The number of halogens is 4. The van der Waals surface area contributed by atoms with Crippen molar-refractivity contribution < 1.29 is 0 Å². The molecule has 4 heteroatoms. The molecule has 0 amide bonds. The van der Waals surface area contributed by atoms with Crippen LogP contribution in [-0.2, 0) is 0 Å². The van der Waals surface area contributed by atoms with Crippen LogP contribution in [0.1, 0.15) is 25.7 Å². The van der Waals surface area contributed by atoms with Crippen LogP contribution in [-0.4, -0.2) is 15.0 Å². The van der Waals surface area contributed by atoms with E-state index in [0.29, 0.717) is 17.2 Å². The molecule has 0 N–H and O–H groups in total. The first kappa shape index (κ1) is 11.0. The number of rotatable bonds is 2. The molecule has 0 atom stereocenters. The van der Waals surface area contributed by atoms with Crippen LogP contribution in [0.2, 0.25) is 0 Å². The van der Waals surface area contributed by atoms with Crippen LogP contribution in [0.5, 0.6) is 0 Å². The van der Waals surface area contributed by atoms with Crippen LogP contribution in [0.25, 0.3) is 0 Å². The first-order valence-corrected chi connectivity index (χ1v) is 7.23. The summed E-state index contributed by atoms with van der Waals surface area (Å²) in [6.07, 6.45) is 5.13. The predicted octanol–water partition coefficient (Wildman–Crippen LogP) is 4.51. The minimum atomic E-state index is 0.000000000000000222. The van der Waals surface area contributed by atoms with Crippen molar-refractivity contribution in [2.75, 3.05) is 11.8 Å². The Balaban J connectivity index is 2.32. The van der Waals surface area contributed by atoms with Crippen LogP contribution in [0.3, 0.4) is 0 Å². The van der Waals surface area contributed by atoms with Gasteiger partial charge in [0.25, 0.3) is 0 Å². The monoisotopic (exact) mass is 348 g/mol. The molecule has 1 spiro atoms. The van der Waals surface area contributed by atoms with Gasteiger partial charge in [0.05, 0.1) is 3.23 Å². The fourth-order valence-corrected chi connectivity index (χ4v) is 7.49. The Bertz CT molecular complexity index is 212. The highest BCUT2D eigenvalue weighted by atomic mass is 79.9. The van der Waals surface area contributed by atoms with E-state index in [1.54, 1.807) is 0 Å². The summed E-state index contributed by atoms with van der Waals surface area (Å²) in [5.41, 5.74) is 0.392. The van der Waals surface area contributed by atoms with E-state index in [9.17, 15) is 0 Å². The van der Waals surface area contributed by atoms with E-state index in [-0.39, 0.29) is 8.65 Å². The van der Waals surface area contributed by atoms with E-state index < -0.39 is 0 Å². The highest BCUT2D eigenvalue weighted by Crippen LogP contribution is 2.85. The summed E-state index contributed by atoms with van der Waals surface area (Å²) in [5.74, 6) is 1.29. The average Bonchev–Trinajstić information content (AvgIpc) is 2.50. The van der Waals surface area contributed by atoms with Crippen molar-refractivity contribution in [2.24, 2.45) is 10.8 Å². The summed E-state index contributed by atoms with van der Waals surface area (Å²) >= 11 is 19.7. The van der Waals surface area contributed by atoms with Gasteiger partial charge in [0.2, 0.25) is 0 Å². The number of alkyl halides is 4. The Morgan fingerprint density at radius 2 is 1.46 bits per heavy atom. The van der Waals surface area contributed by atoms with Crippen molar-refractivity contribution in [3.8, 4) is 0 Å². The fourth-order valence-electron chi connectivity index (χ4n) is 2.97. The Morgan fingerprint density at radius 1 is 1.00 bits per heavy atom. The van der Waals surface area contributed by atoms with Crippen LogP contribution in [0, 0.1) is 10.8 Å². The van der Waals surface area contributed by atoms with Gasteiger partial charge in [-0.2, -0.15) is 0 Å². The summed E-state index contributed by atoms with van der Waals surface area (Å²) in [4.78, 5) is 0. The van der Waals surface area contributed by atoms with Crippen molar-refractivity contribution in [3.05, 3.63) is 0 Å². The van der Waals surface area contributed by atoms with Gasteiger partial charge in [0, 0.05) is 22.6 Å². The molecule has 0 aromatic rings. The molecule has 2 aliphatic carbocycles. The maximum absolute atomic E-state index is 6.07. The van der Waals surface area contributed by atoms with E-state index in [0.717, 1.165) is 0 Å². The Hall–Kier alpha value is 1.54. The topological polar surface area (TPSA) is 0 Å². The third-order valence-electron chi connectivity index (χ3n) is 3.97. The van der Waals surface area contributed by atoms with Crippen molar-refractivity contribution in [1.82, 2.24) is 0 Å². The van der Waals surface area contributed by atoms with Gasteiger partial charge in [0.15, 0.2) is 0 Å². The van der Waals surface area contributed by atoms with Crippen molar-refractivity contribution in [3.63, 3.8) is 0 Å². The lowest BCUT2D eigenvalue weighted by atomic mass is 9.94. The molecule has 2 rings (SSSR count). The van der Waals surface area contributed by atoms with E-state index in [1.807, 2.05) is 0 Å². The molecule has 0 radical (unpaired) electrons. The van der Waals surface area contributed by atoms with Gasteiger partial charge in [-0.25, -0.2) is 0 Å². The largest absolute Gasteiger partial charge is 0.126 e. The second kappa shape index (κ2) is 3.26. The normalized spacial score (nSPS) is 32.3. The molecule has 13 heavy (non-hydrogen) atoms. The second-order valence-electron chi connectivity index (χ2n) is 4.21. The maximum Gasteiger partial charge on any atom is 0.0953 e. The van der Waals surface area contributed by atoms with Crippen molar-refractivity contribution in [2.45, 2.75) is 28.9 Å². The third-order valence-corrected chi connectivity index (χ3v) is 7.92. The summed E-state index contributed by atoms with van der Waals surface area (Å²) < 4.78 is 0.000000000000000222. The highest BCUT2D eigenvalue weighted by molar-refractivity contribution is 9.25. The number of hydrogen-bond donors (Lipinski definition) is 0. The van der Waals surface area contributed by atoms with E-state index >= 15 is 0 Å². The molecule has 0 aromatic heterocycles. The molecule has 2 saturated carbocycles. The standard InChI is InChI=1S/C9H12Br2Cl2/c10-9(11)7(3-1-2-4-7)8(9,5-12)6-13/h1-6H2. The van der Waals surface area contributed by atoms with Gasteiger partial charge in [-0.15, -0.1) is 23.2 Å². The Kier molecular flexibility index (Phi) is 2.77. The average molecular weight is 351 g/mol. The zero-order valence-corrected chi connectivity index (χ0v) is 11.9. The van der Waals surface area contributed by atoms with Crippen molar-refractivity contribution >= 4 is 55.1 Å². The summed E-state index contributed by atoms with van der Waals surface area (Å²) in [6, 6.07) is 0. The zero-order valence-electron chi connectivity index (χ0n) is 7.25. The first-order chi connectivity index (χ1) is 6.08. The quantitative estimate of drug-likeness (QED) is 0.643. The minimum absolute atomic E-state index is 0.000000000000000222. The third kappa shape index (κ3) is 1.04. The van der Waals surface area contributed by atoms with Crippen molar-refractivity contribution in [1.29, 1.82) is 0 Å². The fraction of sp³-hybridized carbons (Fsp3) is 1.00. The van der Waals surface area contributed by atoms with Gasteiger partial charge in [-0.05, 0) is 12.8 Å². The Labute approximate surface area is 106 Å². The minimum Gasteiger partial charge on any atom is -0.126 e. The van der Waals surface area contributed by atoms with Crippen LogP contribution < -0.4 is 0 Å². The second-order valence-corrected chi connectivity index (χ2v) is 8.19. The molecule has 0 unspecified atom stereocenters. The highest BCUT2D eigenvalue weighted by Gasteiger charge is 2.84. The molecule has 2 fully saturated rings. The van der Waals surface area contributed by atoms with Crippen LogP contribution in [0.15, 0.2) is 0 Å². The SMILES string of the molecule is ClCC1(CCl)C(Br)(Br)C12CCCC2. The molecule has 76 valence electrons. The van der Waals surface area contributed by atoms with Gasteiger partial charge < -0.3 is 0 Å². The molecule has 0 heterocycles. The molecular formula is C9H12Br2Cl2. The van der Waals surface area contributed by atoms with Gasteiger partial charge >= 0.3 is 0 Å². The first-order valence-electron chi connectivity index (χ1n) is 4.58. The molecule has 0 bridgehead atoms. The summed E-state index contributed by atoms with van der Waals surface area (Å²) in [7, 11) is 0. The predicted molar refractivity (Wildman–Crippen MR) is 65.4 cm³/mol. The molecule has 0 nitrogen and oxygen atoms in total. The zero-order chi connectivity index (χ0) is 9.74. The summed E-state index contributed by atoms with van der Waals surface area (Å²) in [6.45, 7) is 0. The molecule has 0 aliphatic heterocycles. The van der Waals surface area contributed by atoms with Gasteiger partial charge in [-0.1, -0.05) is 44.7 Å². The maximum atomic E-state index is 6.07. The molecule has 0 saturated heterocycles. The lowest BCUT2D eigenvalue weighted by Crippen LogP contribution is -2.16.